The van der Waals surface area contributed by atoms with Crippen LogP contribution < -0.4 is 11.1 Å². The fourth-order valence-corrected chi connectivity index (χ4v) is 2.24. The zero-order valence-electron chi connectivity index (χ0n) is 9.16. The number of rotatable bonds is 3. The largest absolute Gasteiger partial charge is 0.398 e. The van der Waals surface area contributed by atoms with Crippen LogP contribution in [0.1, 0.15) is 30.1 Å². The van der Waals surface area contributed by atoms with E-state index in [1.165, 1.54) is 0 Å². The number of amides is 1. The summed E-state index contributed by atoms with van der Waals surface area (Å²) < 4.78 is 0.888. The van der Waals surface area contributed by atoms with E-state index in [9.17, 15) is 4.79 Å². The molecule has 2 unspecified atom stereocenters. The van der Waals surface area contributed by atoms with Gasteiger partial charge in [-0.05, 0) is 30.5 Å². The number of anilines is 1. The van der Waals surface area contributed by atoms with Crippen LogP contribution in [0.3, 0.4) is 0 Å². The predicted molar refractivity (Wildman–Crippen MR) is 68.2 cm³/mol. The highest BCUT2D eigenvalue weighted by molar-refractivity contribution is 9.10. The Morgan fingerprint density at radius 3 is 2.94 bits per heavy atom. The topological polar surface area (TPSA) is 55.1 Å². The number of carbonyl (C=O) groups excluding carboxylic acids is 1. The van der Waals surface area contributed by atoms with E-state index >= 15 is 0 Å². The van der Waals surface area contributed by atoms with E-state index in [1.54, 1.807) is 12.1 Å². The first-order valence-electron chi connectivity index (χ1n) is 5.47. The van der Waals surface area contributed by atoms with Gasteiger partial charge in [0.15, 0.2) is 0 Å². The molecule has 4 heteroatoms. The van der Waals surface area contributed by atoms with Gasteiger partial charge in [-0.15, -0.1) is 0 Å². The van der Waals surface area contributed by atoms with Crippen molar-refractivity contribution in [1.29, 1.82) is 0 Å². The van der Waals surface area contributed by atoms with E-state index in [0.29, 0.717) is 23.2 Å². The van der Waals surface area contributed by atoms with Gasteiger partial charge >= 0.3 is 0 Å². The molecule has 2 atom stereocenters. The number of halogens is 1. The van der Waals surface area contributed by atoms with Crippen molar-refractivity contribution >= 4 is 27.5 Å². The number of nitrogens with two attached hydrogens (primary N) is 1. The molecule has 16 heavy (non-hydrogen) atoms. The van der Waals surface area contributed by atoms with Crippen LogP contribution in [0.15, 0.2) is 22.7 Å². The Hall–Kier alpha value is -1.03. The Bertz CT molecular complexity index is 419. The maximum atomic E-state index is 11.9. The molecule has 0 radical (unpaired) electrons. The van der Waals surface area contributed by atoms with E-state index in [4.69, 9.17) is 5.73 Å². The third-order valence-electron chi connectivity index (χ3n) is 3.02. The molecular weight excluding hydrogens is 268 g/mol. The molecule has 2 rings (SSSR count). The molecule has 0 saturated heterocycles. The zero-order chi connectivity index (χ0) is 11.7. The van der Waals surface area contributed by atoms with E-state index in [-0.39, 0.29) is 5.91 Å². The molecule has 0 heterocycles. The third kappa shape index (κ3) is 2.38. The average molecular weight is 283 g/mol. The number of nitrogen functional groups attached to an aromatic ring is 1. The number of carbonyl (C=O) groups is 1. The van der Waals surface area contributed by atoms with Crippen molar-refractivity contribution in [3.8, 4) is 0 Å². The van der Waals surface area contributed by atoms with E-state index in [0.717, 1.165) is 17.3 Å². The summed E-state index contributed by atoms with van der Waals surface area (Å²) in [6.07, 6.45) is 2.22. The summed E-state index contributed by atoms with van der Waals surface area (Å²) in [5.74, 6) is 0.589. The molecule has 1 fully saturated rings. The monoisotopic (exact) mass is 282 g/mol. The number of hydrogen-bond donors (Lipinski definition) is 2. The summed E-state index contributed by atoms with van der Waals surface area (Å²) in [6.45, 7) is 2.14. The standard InChI is InChI=1S/C12H15BrN2O/c1-2-7-5-11(7)15-12(16)9-4-3-8(13)6-10(9)14/h3-4,6-7,11H,2,5,14H2,1H3,(H,15,16). The van der Waals surface area contributed by atoms with Crippen LogP contribution in [0.2, 0.25) is 0 Å². The van der Waals surface area contributed by atoms with Crippen molar-refractivity contribution < 1.29 is 4.79 Å². The predicted octanol–water partition coefficient (Wildman–Crippen LogP) is 2.56. The van der Waals surface area contributed by atoms with Crippen molar-refractivity contribution in [2.24, 2.45) is 5.92 Å². The van der Waals surface area contributed by atoms with Gasteiger partial charge in [0.05, 0.1) is 5.56 Å². The highest BCUT2D eigenvalue weighted by atomic mass is 79.9. The van der Waals surface area contributed by atoms with Gasteiger partial charge in [0, 0.05) is 16.2 Å². The smallest absolute Gasteiger partial charge is 0.253 e. The van der Waals surface area contributed by atoms with Gasteiger partial charge < -0.3 is 11.1 Å². The van der Waals surface area contributed by atoms with Crippen LogP contribution in [0.25, 0.3) is 0 Å². The van der Waals surface area contributed by atoms with Crippen LogP contribution in [-0.4, -0.2) is 11.9 Å². The maximum Gasteiger partial charge on any atom is 0.253 e. The highest BCUT2D eigenvalue weighted by Gasteiger charge is 2.36. The summed E-state index contributed by atoms with van der Waals surface area (Å²) in [7, 11) is 0. The van der Waals surface area contributed by atoms with Gasteiger partial charge in [-0.2, -0.15) is 0 Å². The zero-order valence-corrected chi connectivity index (χ0v) is 10.8. The van der Waals surface area contributed by atoms with Gasteiger partial charge in [0.25, 0.3) is 5.91 Å². The quantitative estimate of drug-likeness (QED) is 0.838. The Morgan fingerprint density at radius 2 is 2.38 bits per heavy atom. The highest BCUT2D eigenvalue weighted by Crippen LogP contribution is 2.33. The molecule has 3 nitrogen and oxygen atoms in total. The lowest BCUT2D eigenvalue weighted by Gasteiger charge is -2.07. The van der Waals surface area contributed by atoms with Crippen LogP contribution in [0.5, 0.6) is 0 Å². The molecule has 0 bridgehead atoms. The molecule has 1 aliphatic carbocycles. The minimum absolute atomic E-state index is 0.0639. The van der Waals surface area contributed by atoms with Crippen LogP contribution in [-0.2, 0) is 0 Å². The van der Waals surface area contributed by atoms with Crippen molar-refractivity contribution in [2.75, 3.05) is 5.73 Å². The molecule has 1 aromatic rings. The van der Waals surface area contributed by atoms with Crippen LogP contribution in [0, 0.1) is 5.92 Å². The number of benzene rings is 1. The summed E-state index contributed by atoms with van der Waals surface area (Å²) in [6, 6.07) is 5.67. The lowest BCUT2D eigenvalue weighted by atomic mass is 10.1. The lowest BCUT2D eigenvalue weighted by Crippen LogP contribution is -2.27. The fourth-order valence-electron chi connectivity index (χ4n) is 1.86. The Morgan fingerprint density at radius 1 is 1.62 bits per heavy atom. The normalized spacial score (nSPS) is 22.9. The van der Waals surface area contributed by atoms with Gasteiger partial charge in [-0.25, -0.2) is 0 Å². The Kier molecular flexibility index (Phi) is 3.19. The first-order chi connectivity index (χ1) is 7.61. The average Bonchev–Trinajstić information content (AvgIpc) is 2.96. The maximum absolute atomic E-state index is 11.9. The first kappa shape index (κ1) is 11.5. The van der Waals surface area contributed by atoms with Crippen molar-refractivity contribution in [2.45, 2.75) is 25.8 Å². The SMILES string of the molecule is CCC1CC1NC(=O)c1ccc(Br)cc1N. The molecule has 1 aliphatic rings. The van der Waals surface area contributed by atoms with E-state index < -0.39 is 0 Å². The summed E-state index contributed by atoms with van der Waals surface area (Å²) >= 11 is 3.32. The summed E-state index contributed by atoms with van der Waals surface area (Å²) in [4.78, 5) is 11.9. The van der Waals surface area contributed by atoms with Gasteiger partial charge in [-0.1, -0.05) is 29.3 Å². The molecule has 1 amide bonds. The fraction of sp³-hybridized carbons (Fsp3) is 0.417. The molecule has 1 aromatic carbocycles. The summed E-state index contributed by atoms with van der Waals surface area (Å²) in [5.41, 5.74) is 6.87. The Labute approximate surface area is 104 Å². The molecular formula is C12H15BrN2O. The number of hydrogen-bond acceptors (Lipinski definition) is 2. The molecule has 0 aromatic heterocycles. The van der Waals surface area contributed by atoms with Crippen LogP contribution in [0.4, 0.5) is 5.69 Å². The first-order valence-corrected chi connectivity index (χ1v) is 6.27. The van der Waals surface area contributed by atoms with Crippen LogP contribution >= 0.6 is 15.9 Å². The van der Waals surface area contributed by atoms with E-state index in [2.05, 4.69) is 28.2 Å². The Balaban J connectivity index is 2.04. The third-order valence-corrected chi connectivity index (χ3v) is 3.51. The second-order valence-corrected chi connectivity index (χ2v) is 5.13. The van der Waals surface area contributed by atoms with Gasteiger partial charge in [0.1, 0.15) is 0 Å². The van der Waals surface area contributed by atoms with Gasteiger partial charge in [-0.3, -0.25) is 4.79 Å². The molecule has 1 saturated carbocycles. The molecule has 86 valence electrons. The van der Waals surface area contributed by atoms with Crippen molar-refractivity contribution in [3.63, 3.8) is 0 Å². The second-order valence-electron chi connectivity index (χ2n) is 4.22. The molecule has 0 spiro atoms. The number of nitrogens with one attached hydrogen (secondary N) is 1. The van der Waals surface area contributed by atoms with Gasteiger partial charge in [0.2, 0.25) is 0 Å². The second kappa shape index (κ2) is 4.45. The minimum atomic E-state index is -0.0639. The van der Waals surface area contributed by atoms with Crippen molar-refractivity contribution in [3.05, 3.63) is 28.2 Å². The van der Waals surface area contributed by atoms with Crippen molar-refractivity contribution in [1.82, 2.24) is 5.32 Å². The lowest BCUT2D eigenvalue weighted by molar-refractivity contribution is 0.0950. The minimum Gasteiger partial charge on any atom is -0.398 e. The molecule has 3 N–H and O–H groups in total. The molecule has 0 aliphatic heterocycles. The van der Waals surface area contributed by atoms with E-state index in [1.807, 2.05) is 6.07 Å². The summed E-state index contributed by atoms with van der Waals surface area (Å²) in [5, 5.41) is 3.00.